The number of nitrogens with one attached hydrogen (secondary N) is 2. The molecular weight excluding hydrogens is 449 g/mol. The van der Waals surface area contributed by atoms with Gasteiger partial charge < -0.3 is 10.1 Å². The molecule has 3 aromatic rings. The van der Waals surface area contributed by atoms with Crippen LogP contribution in [0.2, 0.25) is 5.02 Å². The summed E-state index contributed by atoms with van der Waals surface area (Å²) in [6.07, 6.45) is 1.34. The number of hydrazine groups is 1. The fourth-order valence-corrected chi connectivity index (χ4v) is 3.31. The number of rotatable bonds is 6. The molecule has 0 spiro atoms. The first-order valence-electron chi connectivity index (χ1n) is 9.81. The van der Waals surface area contributed by atoms with Crippen LogP contribution in [-0.2, 0) is 14.4 Å². The van der Waals surface area contributed by atoms with Crippen molar-refractivity contribution in [2.75, 3.05) is 16.9 Å². The van der Waals surface area contributed by atoms with Crippen molar-refractivity contribution in [3.8, 4) is 5.75 Å². The summed E-state index contributed by atoms with van der Waals surface area (Å²) < 4.78 is 19.3. The van der Waals surface area contributed by atoms with Crippen molar-refractivity contribution in [2.24, 2.45) is 0 Å². The van der Waals surface area contributed by atoms with Gasteiger partial charge in [0.1, 0.15) is 17.1 Å². The molecule has 2 N–H and O–H groups in total. The molecule has 0 unspecified atom stereocenters. The Bertz CT molecular complexity index is 1260. The van der Waals surface area contributed by atoms with Crippen LogP contribution in [0.4, 0.5) is 15.8 Å². The number of para-hydroxylation sites is 2. The van der Waals surface area contributed by atoms with Crippen LogP contribution in [0.3, 0.4) is 0 Å². The number of ether oxygens (including phenoxy) is 1. The van der Waals surface area contributed by atoms with E-state index in [9.17, 15) is 18.8 Å². The van der Waals surface area contributed by atoms with Gasteiger partial charge in [-0.1, -0.05) is 41.9 Å². The van der Waals surface area contributed by atoms with Gasteiger partial charge in [-0.15, -0.1) is 0 Å². The molecule has 166 valence electrons. The third-order valence-electron chi connectivity index (χ3n) is 4.68. The third kappa shape index (κ3) is 5.02. The van der Waals surface area contributed by atoms with Gasteiger partial charge in [-0.05, 0) is 48.5 Å². The quantitative estimate of drug-likeness (QED) is 0.426. The summed E-state index contributed by atoms with van der Waals surface area (Å²) in [7, 11) is 0. The van der Waals surface area contributed by atoms with Crippen LogP contribution in [0.25, 0.3) is 6.08 Å². The lowest BCUT2D eigenvalue weighted by molar-refractivity contribution is -0.118. The molecule has 33 heavy (non-hydrogen) atoms. The van der Waals surface area contributed by atoms with Crippen molar-refractivity contribution in [3.05, 3.63) is 94.8 Å². The average molecular weight is 466 g/mol. The highest BCUT2D eigenvalue weighted by Gasteiger charge is 2.34. The van der Waals surface area contributed by atoms with Gasteiger partial charge in [0.15, 0.2) is 6.61 Å². The normalized spacial score (nSPS) is 14.4. The second kappa shape index (κ2) is 9.54. The molecule has 1 saturated heterocycles. The Morgan fingerprint density at radius 2 is 1.79 bits per heavy atom. The maximum atomic E-state index is 13.7. The molecule has 0 aliphatic carbocycles. The highest BCUT2D eigenvalue weighted by Crippen LogP contribution is 2.28. The Morgan fingerprint density at radius 1 is 1.06 bits per heavy atom. The molecule has 3 aromatic carbocycles. The van der Waals surface area contributed by atoms with Gasteiger partial charge in [0.2, 0.25) is 0 Å². The van der Waals surface area contributed by atoms with E-state index in [1.807, 2.05) is 0 Å². The number of benzene rings is 3. The summed E-state index contributed by atoms with van der Waals surface area (Å²) in [6.45, 7) is -0.428. The maximum absolute atomic E-state index is 13.7. The summed E-state index contributed by atoms with van der Waals surface area (Å²) in [4.78, 5) is 37.5. The summed E-state index contributed by atoms with van der Waals surface area (Å²) in [5, 5.41) is 3.90. The summed E-state index contributed by atoms with van der Waals surface area (Å²) in [5.41, 5.74) is 3.25. The van der Waals surface area contributed by atoms with Crippen molar-refractivity contribution in [2.45, 2.75) is 0 Å². The predicted octanol–water partition coefficient (Wildman–Crippen LogP) is 3.96. The lowest BCUT2D eigenvalue weighted by Gasteiger charge is -2.14. The van der Waals surface area contributed by atoms with Crippen LogP contribution in [0.15, 0.2) is 78.4 Å². The molecule has 3 amide bonds. The first-order valence-corrected chi connectivity index (χ1v) is 10.2. The molecule has 1 heterocycles. The van der Waals surface area contributed by atoms with Crippen molar-refractivity contribution < 1.29 is 23.5 Å². The molecule has 4 rings (SSSR count). The van der Waals surface area contributed by atoms with Crippen LogP contribution >= 0.6 is 11.6 Å². The number of halogens is 2. The lowest BCUT2D eigenvalue weighted by atomic mass is 10.1. The number of carbonyl (C=O) groups excluding carboxylic acids is 3. The van der Waals surface area contributed by atoms with E-state index in [1.165, 1.54) is 36.4 Å². The highest BCUT2D eigenvalue weighted by atomic mass is 35.5. The van der Waals surface area contributed by atoms with E-state index in [0.717, 1.165) is 5.01 Å². The minimum Gasteiger partial charge on any atom is -0.483 e. The predicted molar refractivity (Wildman–Crippen MR) is 122 cm³/mol. The van der Waals surface area contributed by atoms with Gasteiger partial charge in [0.05, 0.1) is 11.4 Å². The van der Waals surface area contributed by atoms with Crippen LogP contribution in [-0.4, -0.2) is 24.3 Å². The molecule has 9 heteroatoms. The zero-order chi connectivity index (χ0) is 23.4. The molecule has 0 aromatic heterocycles. The largest absolute Gasteiger partial charge is 0.483 e. The minimum absolute atomic E-state index is 0.0266. The SMILES string of the molecule is O=C(COc1ccc(Cl)cc1C=C1C(=O)NN(c2ccccc2)C1=O)Nc1ccccc1F. The Labute approximate surface area is 193 Å². The molecule has 1 fully saturated rings. The van der Waals surface area contributed by atoms with Crippen LogP contribution in [0, 0.1) is 5.82 Å². The number of nitrogens with zero attached hydrogens (tertiary/aromatic N) is 1. The van der Waals surface area contributed by atoms with Gasteiger partial charge in [0, 0.05) is 10.6 Å². The maximum Gasteiger partial charge on any atom is 0.282 e. The average Bonchev–Trinajstić information content (AvgIpc) is 3.09. The Hall–Kier alpha value is -4.17. The van der Waals surface area contributed by atoms with Crippen molar-refractivity contribution >= 4 is 46.8 Å². The lowest BCUT2D eigenvalue weighted by Crippen LogP contribution is -2.35. The number of anilines is 2. The minimum atomic E-state index is -0.591. The summed E-state index contributed by atoms with van der Waals surface area (Å²) in [5.74, 6) is -2.08. The topological polar surface area (TPSA) is 87.7 Å². The molecule has 0 bridgehead atoms. The molecule has 7 nitrogen and oxygen atoms in total. The smallest absolute Gasteiger partial charge is 0.282 e. The number of hydrogen-bond donors (Lipinski definition) is 2. The molecule has 0 radical (unpaired) electrons. The van der Waals surface area contributed by atoms with E-state index in [1.54, 1.807) is 42.5 Å². The monoisotopic (exact) mass is 465 g/mol. The van der Waals surface area contributed by atoms with Gasteiger partial charge >= 0.3 is 0 Å². The molecule has 1 aliphatic rings. The third-order valence-corrected chi connectivity index (χ3v) is 4.92. The van der Waals surface area contributed by atoms with E-state index in [4.69, 9.17) is 16.3 Å². The van der Waals surface area contributed by atoms with Gasteiger partial charge in [-0.2, -0.15) is 0 Å². The second-order valence-corrected chi connectivity index (χ2v) is 7.41. The summed E-state index contributed by atoms with van der Waals surface area (Å²) >= 11 is 6.09. The summed E-state index contributed by atoms with van der Waals surface area (Å²) in [6, 6.07) is 18.9. The highest BCUT2D eigenvalue weighted by molar-refractivity contribution is 6.32. The Morgan fingerprint density at radius 3 is 2.55 bits per heavy atom. The fourth-order valence-electron chi connectivity index (χ4n) is 3.13. The van der Waals surface area contributed by atoms with E-state index in [2.05, 4.69) is 10.7 Å². The number of hydrogen-bond acceptors (Lipinski definition) is 4. The van der Waals surface area contributed by atoms with E-state index in [0.29, 0.717) is 16.3 Å². The second-order valence-electron chi connectivity index (χ2n) is 6.97. The molecule has 1 aliphatic heterocycles. The zero-order valence-corrected chi connectivity index (χ0v) is 17.8. The molecule has 0 atom stereocenters. The van der Waals surface area contributed by atoms with Crippen molar-refractivity contribution in [3.63, 3.8) is 0 Å². The van der Waals surface area contributed by atoms with Crippen LogP contribution in [0.1, 0.15) is 5.56 Å². The molecule has 0 saturated carbocycles. The Balaban J connectivity index is 1.53. The van der Waals surface area contributed by atoms with Gasteiger partial charge in [-0.25, -0.2) is 9.40 Å². The first-order chi connectivity index (χ1) is 15.9. The molecular formula is C24H17ClFN3O4. The zero-order valence-electron chi connectivity index (χ0n) is 17.0. The number of carbonyl (C=O) groups is 3. The standard InChI is InChI=1S/C24H17ClFN3O4/c25-16-10-11-21(33-14-22(30)27-20-9-5-4-8-19(20)26)15(12-16)13-18-23(31)28-29(24(18)32)17-6-2-1-3-7-17/h1-13H,14H2,(H,27,30)(H,28,31). The van der Waals surface area contributed by atoms with Crippen LogP contribution in [0.5, 0.6) is 5.75 Å². The van der Waals surface area contributed by atoms with Crippen LogP contribution < -0.4 is 20.5 Å². The van der Waals surface area contributed by atoms with E-state index in [-0.39, 0.29) is 17.0 Å². The Kier molecular flexibility index (Phi) is 6.37. The van der Waals surface area contributed by atoms with Gasteiger partial charge in [-0.3, -0.25) is 19.8 Å². The fraction of sp³-hybridized carbons (Fsp3) is 0.0417. The van der Waals surface area contributed by atoms with Crippen molar-refractivity contribution in [1.29, 1.82) is 0 Å². The van der Waals surface area contributed by atoms with E-state index < -0.39 is 30.1 Å². The van der Waals surface area contributed by atoms with Crippen molar-refractivity contribution in [1.82, 2.24) is 5.43 Å². The number of amides is 3. The van der Waals surface area contributed by atoms with E-state index >= 15 is 0 Å². The first kappa shape index (κ1) is 22.0. The van der Waals surface area contributed by atoms with Gasteiger partial charge in [0.25, 0.3) is 17.7 Å².